The minimum Gasteiger partial charge on any atom is -0.374 e. The fourth-order valence-corrected chi connectivity index (χ4v) is 1.59. The molecule has 1 rings (SSSR count). The summed E-state index contributed by atoms with van der Waals surface area (Å²) in [7, 11) is 1.77. The summed E-state index contributed by atoms with van der Waals surface area (Å²) in [5, 5.41) is 6.18. The Morgan fingerprint density at radius 1 is 1.24 bits per heavy atom. The number of nitrogens with one attached hydrogen (secondary N) is 2. The highest BCUT2D eigenvalue weighted by Crippen LogP contribution is 2.12. The van der Waals surface area contributed by atoms with Crippen molar-refractivity contribution in [1.29, 1.82) is 0 Å². The lowest BCUT2D eigenvalue weighted by Gasteiger charge is -2.15. The van der Waals surface area contributed by atoms with Crippen LogP contribution in [-0.4, -0.2) is 54.1 Å². The summed E-state index contributed by atoms with van der Waals surface area (Å²) in [6.07, 6.45) is 0. The second kappa shape index (κ2) is 9.12. The van der Waals surface area contributed by atoms with Crippen LogP contribution in [0.15, 0.2) is 6.07 Å². The van der Waals surface area contributed by atoms with Crippen LogP contribution in [0.3, 0.4) is 0 Å². The van der Waals surface area contributed by atoms with Crippen LogP contribution >= 0.6 is 0 Å². The van der Waals surface area contributed by atoms with E-state index in [1.165, 1.54) is 0 Å². The number of anilines is 2. The van der Waals surface area contributed by atoms with Gasteiger partial charge in [-0.15, -0.1) is 0 Å². The van der Waals surface area contributed by atoms with E-state index in [1.54, 1.807) is 18.0 Å². The van der Waals surface area contributed by atoms with Crippen LogP contribution in [0.25, 0.3) is 0 Å². The molecule has 0 aliphatic rings. The van der Waals surface area contributed by atoms with Crippen molar-refractivity contribution < 1.29 is 9.53 Å². The topological polar surface area (TPSA) is 79.4 Å². The Morgan fingerprint density at radius 2 is 1.90 bits per heavy atom. The maximum absolute atomic E-state index is 11.8. The highest BCUT2D eigenvalue weighted by atomic mass is 16.5. The zero-order chi connectivity index (χ0) is 15.7. The molecule has 118 valence electrons. The minimum absolute atomic E-state index is 0.0208. The van der Waals surface area contributed by atoms with E-state index in [9.17, 15) is 4.79 Å². The number of aromatic nitrogens is 2. The molecule has 21 heavy (non-hydrogen) atoms. The number of carbonyl (C=O) groups excluding carboxylic acids is 1. The number of amides is 1. The molecular weight excluding hydrogens is 270 g/mol. The average Bonchev–Trinajstić information content (AvgIpc) is 2.50. The monoisotopic (exact) mass is 295 g/mol. The molecule has 0 saturated heterocycles. The smallest absolute Gasteiger partial charge is 0.241 e. The molecule has 1 aromatic heterocycles. The van der Waals surface area contributed by atoms with Gasteiger partial charge in [0.1, 0.15) is 18.2 Å². The van der Waals surface area contributed by atoms with Crippen LogP contribution in [-0.2, 0) is 16.1 Å². The van der Waals surface area contributed by atoms with Gasteiger partial charge in [-0.25, -0.2) is 9.97 Å². The molecule has 1 heterocycles. The summed E-state index contributed by atoms with van der Waals surface area (Å²) in [6, 6.07) is 1.79. The van der Waals surface area contributed by atoms with Gasteiger partial charge < -0.3 is 20.3 Å². The second-order valence-corrected chi connectivity index (χ2v) is 4.48. The summed E-state index contributed by atoms with van der Waals surface area (Å²) in [5.74, 6) is 1.95. The molecule has 0 aliphatic heterocycles. The molecule has 0 saturated carbocycles. The first-order valence-corrected chi connectivity index (χ1v) is 7.28. The Morgan fingerprint density at radius 3 is 2.48 bits per heavy atom. The predicted octanol–water partition coefficient (Wildman–Crippen LogP) is 1.34. The highest BCUT2D eigenvalue weighted by Gasteiger charge is 2.08. The van der Waals surface area contributed by atoms with Crippen LogP contribution < -0.4 is 10.6 Å². The van der Waals surface area contributed by atoms with E-state index in [0.29, 0.717) is 31.4 Å². The molecular formula is C14H25N5O2. The van der Waals surface area contributed by atoms with Crippen molar-refractivity contribution in [2.45, 2.75) is 27.4 Å². The third-order valence-electron chi connectivity index (χ3n) is 2.89. The van der Waals surface area contributed by atoms with Crippen molar-refractivity contribution in [3.05, 3.63) is 11.9 Å². The molecule has 7 nitrogen and oxygen atoms in total. The fraction of sp³-hybridized carbons (Fsp3) is 0.643. The zero-order valence-corrected chi connectivity index (χ0v) is 13.3. The van der Waals surface area contributed by atoms with Gasteiger partial charge in [-0.2, -0.15) is 0 Å². The maximum atomic E-state index is 11.8. The zero-order valence-electron chi connectivity index (χ0n) is 13.3. The predicted molar refractivity (Wildman–Crippen MR) is 83.3 cm³/mol. The third kappa shape index (κ3) is 5.95. The lowest BCUT2D eigenvalue weighted by molar-refractivity contribution is -0.127. The van der Waals surface area contributed by atoms with Crippen LogP contribution in [0, 0.1) is 0 Å². The van der Waals surface area contributed by atoms with Gasteiger partial charge in [-0.1, -0.05) is 0 Å². The number of ether oxygens (including phenoxy) is 1. The van der Waals surface area contributed by atoms with Gasteiger partial charge in [0.05, 0.1) is 6.54 Å². The molecule has 1 amide bonds. The number of carbonyl (C=O) groups is 1. The van der Waals surface area contributed by atoms with Crippen molar-refractivity contribution in [2.75, 3.05) is 43.9 Å². The molecule has 0 unspecified atom stereocenters. The molecule has 0 spiro atoms. The SMILES string of the molecule is CCNc1cc(NCC(=O)N(C)CC)nc(COCC)n1. The van der Waals surface area contributed by atoms with Crippen LogP contribution in [0.5, 0.6) is 0 Å². The van der Waals surface area contributed by atoms with Gasteiger partial charge in [0.25, 0.3) is 0 Å². The average molecular weight is 295 g/mol. The molecule has 2 N–H and O–H groups in total. The van der Waals surface area contributed by atoms with Crippen molar-refractivity contribution in [2.24, 2.45) is 0 Å². The number of hydrogen-bond acceptors (Lipinski definition) is 6. The van der Waals surface area contributed by atoms with Crippen molar-refractivity contribution in [1.82, 2.24) is 14.9 Å². The maximum Gasteiger partial charge on any atom is 0.241 e. The van der Waals surface area contributed by atoms with E-state index in [4.69, 9.17) is 4.74 Å². The number of likely N-dealkylation sites (N-methyl/N-ethyl adjacent to an activating group) is 1. The Kier molecular flexibility index (Phi) is 7.45. The molecule has 0 aromatic carbocycles. The molecule has 0 aliphatic carbocycles. The highest BCUT2D eigenvalue weighted by molar-refractivity contribution is 5.80. The second-order valence-electron chi connectivity index (χ2n) is 4.48. The molecule has 0 bridgehead atoms. The van der Waals surface area contributed by atoms with Gasteiger partial charge in [0.15, 0.2) is 5.82 Å². The minimum atomic E-state index is 0.0208. The van der Waals surface area contributed by atoms with E-state index < -0.39 is 0 Å². The Balaban J connectivity index is 2.74. The number of rotatable bonds is 9. The Bertz CT molecular complexity index is 453. The molecule has 1 aromatic rings. The summed E-state index contributed by atoms with van der Waals surface area (Å²) in [4.78, 5) is 22.2. The molecule has 0 fully saturated rings. The number of hydrogen-bond donors (Lipinski definition) is 2. The van der Waals surface area contributed by atoms with E-state index in [0.717, 1.165) is 12.4 Å². The largest absolute Gasteiger partial charge is 0.374 e. The van der Waals surface area contributed by atoms with Crippen LogP contribution in [0.4, 0.5) is 11.6 Å². The molecule has 7 heteroatoms. The summed E-state index contributed by atoms with van der Waals surface area (Å²) >= 11 is 0. The Labute approximate surface area is 126 Å². The van der Waals surface area contributed by atoms with Crippen LogP contribution in [0.2, 0.25) is 0 Å². The lowest BCUT2D eigenvalue weighted by Crippen LogP contribution is -2.32. The normalized spacial score (nSPS) is 10.3. The van der Waals surface area contributed by atoms with Gasteiger partial charge in [0, 0.05) is 32.8 Å². The summed E-state index contributed by atoms with van der Waals surface area (Å²) in [5.41, 5.74) is 0. The van der Waals surface area contributed by atoms with E-state index in [-0.39, 0.29) is 12.5 Å². The van der Waals surface area contributed by atoms with E-state index in [1.807, 2.05) is 20.8 Å². The summed E-state index contributed by atoms with van der Waals surface area (Å²) in [6.45, 7) is 8.48. The first kappa shape index (κ1) is 17.2. The first-order chi connectivity index (χ1) is 10.1. The van der Waals surface area contributed by atoms with Gasteiger partial charge in [-0.05, 0) is 20.8 Å². The van der Waals surface area contributed by atoms with E-state index >= 15 is 0 Å². The molecule has 0 radical (unpaired) electrons. The van der Waals surface area contributed by atoms with Gasteiger partial charge in [-0.3, -0.25) is 4.79 Å². The Hall–Kier alpha value is -1.89. The number of nitrogens with zero attached hydrogens (tertiary/aromatic N) is 3. The first-order valence-electron chi connectivity index (χ1n) is 7.28. The molecule has 0 atom stereocenters. The van der Waals surface area contributed by atoms with Crippen molar-refractivity contribution in [3.8, 4) is 0 Å². The van der Waals surface area contributed by atoms with Crippen molar-refractivity contribution in [3.63, 3.8) is 0 Å². The van der Waals surface area contributed by atoms with E-state index in [2.05, 4.69) is 20.6 Å². The van der Waals surface area contributed by atoms with Crippen molar-refractivity contribution >= 4 is 17.5 Å². The standard InChI is InChI=1S/C14H25N5O2/c1-5-15-11-8-12(16-9-14(20)19(4)6-2)18-13(17-11)10-21-7-3/h8H,5-7,9-10H2,1-4H3,(H2,15,16,17,18). The third-order valence-corrected chi connectivity index (χ3v) is 2.89. The van der Waals surface area contributed by atoms with Gasteiger partial charge in [0.2, 0.25) is 5.91 Å². The van der Waals surface area contributed by atoms with Gasteiger partial charge >= 0.3 is 0 Å². The van der Waals surface area contributed by atoms with Crippen LogP contribution in [0.1, 0.15) is 26.6 Å². The summed E-state index contributed by atoms with van der Waals surface area (Å²) < 4.78 is 5.33. The quantitative estimate of drug-likeness (QED) is 0.715. The fourth-order valence-electron chi connectivity index (χ4n) is 1.59. The lowest BCUT2D eigenvalue weighted by atomic mass is 10.4.